The van der Waals surface area contributed by atoms with Gasteiger partial charge in [-0.2, -0.15) is 0 Å². The molecule has 0 spiro atoms. The summed E-state index contributed by atoms with van der Waals surface area (Å²) in [6, 6.07) is 3.18. The number of carboxylic acids is 1. The van der Waals surface area contributed by atoms with E-state index in [9.17, 15) is 17.6 Å². The lowest BCUT2D eigenvalue weighted by Crippen LogP contribution is -2.08. The van der Waals surface area contributed by atoms with E-state index in [1.54, 1.807) is 0 Å². The van der Waals surface area contributed by atoms with Crippen LogP contribution in [0.4, 0.5) is 4.39 Å². The summed E-state index contributed by atoms with van der Waals surface area (Å²) in [6.45, 7) is 0. The van der Waals surface area contributed by atoms with Crippen molar-refractivity contribution in [3.63, 3.8) is 0 Å². The van der Waals surface area contributed by atoms with Crippen LogP contribution in [-0.4, -0.2) is 29.7 Å². The van der Waals surface area contributed by atoms with Crippen molar-refractivity contribution < 1.29 is 22.7 Å². The van der Waals surface area contributed by atoms with E-state index in [-0.39, 0.29) is 16.5 Å². The third-order valence-corrected chi connectivity index (χ3v) is 3.36. The monoisotopic (exact) mass is 257 g/mol. The molecule has 2 aromatic rings. The highest BCUT2D eigenvalue weighted by Gasteiger charge is 2.16. The van der Waals surface area contributed by atoms with Crippen LogP contribution < -0.4 is 0 Å². The van der Waals surface area contributed by atoms with Crippen LogP contribution in [0.25, 0.3) is 10.9 Å². The lowest BCUT2D eigenvalue weighted by atomic mass is 10.1. The Bertz CT molecular complexity index is 717. The second-order valence-electron chi connectivity index (χ2n) is 3.57. The first-order valence-electron chi connectivity index (χ1n) is 4.55. The van der Waals surface area contributed by atoms with Crippen LogP contribution in [0.15, 0.2) is 24.4 Å². The van der Waals surface area contributed by atoms with Gasteiger partial charge in [-0.1, -0.05) is 0 Å². The van der Waals surface area contributed by atoms with Crippen LogP contribution in [0.1, 0.15) is 10.4 Å². The molecule has 2 rings (SSSR count). The van der Waals surface area contributed by atoms with Crippen molar-refractivity contribution in [1.82, 2.24) is 3.97 Å². The number of aromatic nitrogens is 1. The summed E-state index contributed by atoms with van der Waals surface area (Å²) in [5.41, 5.74) is -0.243. The number of fused-ring (bicyclic) bond motifs is 1. The fourth-order valence-corrected chi connectivity index (χ4v) is 2.44. The predicted octanol–water partition coefficient (Wildman–Crippen LogP) is 1.29. The van der Waals surface area contributed by atoms with Gasteiger partial charge in [0.25, 0.3) is 0 Å². The third kappa shape index (κ3) is 1.89. The van der Waals surface area contributed by atoms with Crippen LogP contribution in [0.2, 0.25) is 0 Å². The van der Waals surface area contributed by atoms with E-state index in [4.69, 9.17) is 5.11 Å². The van der Waals surface area contributed by atoms with E-state index in [0.29, 0.717) is 0 Å². The Labute approximate surface area is 96.1 Å². The Morgan fingerprint density at radius 3 is 2.59 bits per heavy atom. The summed E-state index contributed by atoms with van der Waals surface area (Å²) >= 11 is 0. The van der Waals surface area contributed by atoms with Gasteiger partial charge in [-0.25, -0.2) is 21.6 Å². The SMILES string of the molecule is CS(=O)(=O)n1ccc2c(C(=O)O)cc(F)cc21. The Morgan fingerprint density at radius 1 is 1.41 bits per heavy atom. The van der Waals surface area contributed by atoms with Crippen molar-refractivity contribution in [2.24, 2.45) is 0 Å². The lowest BCUT2D eigenvalue weighted by molar-refractivity contribution is 0.0698. The molecule has 1 heterocycles. The summed E-state index contributed by atoms with van der Waals surface area (Å²) in [4.78, 5) is 10.9. The minimum absolute atomic E-state index is 0.0184. The highest BCUT2D eigenvalue weighted by molar-refractivity contribution is 7.89. The number of halogens is 1. The van der Waals surface area contributed by atoms with Gasteiger partial charge < -0.3 is 5.11 Å². The zero-order valence-electron chi connectivity index (χ0n) is 8.71. The first kappa shape index (κ1) is 11.6. The zero-order chi connectivity index (χ0) is 12.8. The number of nitrogens with zero attached hydrogens (tertiary/aromatic N) is 1. The molecule has 0 aliphatic rings. The fourth-order valence-electron chi connectivity index (χ4n) is 1.65. The van der Waals surface area contributed by atoms with E-state index in [2.05, 4.69) is 0 Å². The Kier molecular flexibility index (Phi) is 2.43. The maximum absolute atomic E-state index is 13.2. The van der Waals surface area contributed by atoms with Gasteiger partial charge >= 0.3 is 5.97 Å². The van der Waals surface area contributed by atoms with Crippen molar-refractivity contribution in [3.8, 4) is 0 Å². The molecule has 17 heavy (non-hydrogen) atoms. The molecule has 0 fully saturated rings. The van der Waals surface area contributed by atoms with Gasteiger partial charge in [0.15, 0.2) is 0 Å². The number of hydrogen-bond donors (Lipinski definition) is 1. The number of hydrogen-bond acceptors (Lipinski definition) is 3. The van der Waals surface area contributed by atoms with Gasteiger partial charge in [-0.15, -0.1) is 0 Å². The van der Waals surface area contributed by atoms with Crippen LogP contribution in [-0.2, 0) is 10.0 Å². The molecule has 90 valence electrons. The second-order valence-corrected chi connectivity index (χ2v) is 5.43. The van der Waals surface area contributed by atoms with Crippen LogP contribution in [0, 0.1) is 5.82 Å². The van der Waals surface area contributed by atoms with Crippen molar-refractivity contribution >= 4 is 26.9 Å². The fraction of sp³-hybridized carbons (Fsp3) is 0.100. The molecule has 1 N–H and O–H groups in total. The van der Waals surface area contributed by atoms with Crippen LogP contribution in [0.5, 0.6) is 0 Å². The van der Waals surface area contributed by atoms with E-state index in [1.807, 2.05) is 0 Å². The molecular formula is C10H8FNO4S. The van der Waals surface area contributed by atoms with Crippen molar-refractivity contribution in [1.29, 1.82) is 0 Å². The molecule has 1 aromatic carbocycles. The number of benzene rings is 1. The number of aromatic carboxylic acids is 1. The molecule has 5 nitrogen and oxygen atoms in total. The first-order chi connectivity index (χ1) is 7.80. The standard InChI is InChI=1S/C10H8FNO4S/c1-17(15,16)12-3-2-7-8(10(13)14)4-6(11)5-9(7)12/h2-5H,1H3,(H,13,14). The lowest BCUT2D eigenvalue weighted by Gasteiger charge is -2.03. The maximum Gasteiger partial charge on any atom is 0.336 e. The first-order valence-corrected chi connectivity index (χ1v) is 6.40. The third-order valence-electron chi connectivity index (χ3n) is 2.32. The molecule has 7 heteroatoms. The Hall–Kier alpha value is -1.89. The summed E-state index contributed by atoms with van der Waals surface area (Å²) in [5, 5.41) is 9.08. The highest BCUT2D eigenvalue weighted by atomic mass is 32.2. The van der Waals surface area contributed by atoms with E-state index in [1.165, 1.54) is 12.3 Å². The largest absolute Gasteiger partial charge is 0.478 e. The van der Waals surface area contributed by atoms with E-state index >= 15 is 0 Å². The van der Waals surface area contributed by atoms with Gasteiger partial charge in [0.2, 0.25) is 10.0 Å². The van der Waals surface area contributed by atoms with E-state index < -0.39 is 21.8 Å². The smallest absolute Gasteiger partial charge is 0.336 e. The minimum Gasteiger partial charge on any atom is -0.478 e. The minimum atomic E-state index is -3.59. The van der Waals surface area contributed by atoms with Gasteiger partial charge in [-0.05, 0) is 18.2 Å². The molecule has 0 amide bonds. The summed E-state index contributed by atoms with van der Waals surface area (Å²) in [6.07, 6.45) is 2.16. The summed E-state index contributed by atoms with van der Waals surface area (Å²) in [5.74, 6) is -2.10. The Morgan fingerprint density at radius 2 is 2.06 bits per heavy atom. The Balaban J connectivity index is 2.92. The average Bonchev–Trinajstić information content (AvgIpc) is 2.58. The van der Waals surface area contributed by atoms with Crippen molar-refractivity contribution in [2.75, 3.05) is 6.26 Å². The predicted molar refractivity (Wildman–Crippen MR) is 59.1 cm³/mol. The summed E-state index contributed by atoms with van der Waals surface area (Å²) < 4.78 is 36.9. The molecule has 0 radical (unpaired) electrons. The van der Waals surface area contributed by atoms with Gasteiger partial charge in [0, 0.05) is 11.6 Å². The van der Waals surface area contributed by atoms with Crippen molar-refractivity contribution in [2.45, 2.75) is 0 Å². The zero-order valence-corrected chi connectivity index (χ0v) is 9.53. The van der Waals surface area contributed by atoms with Crippen LogP contribution >= 0.6 is 0 Å². The summed E-state index contributed by atoms with van der Waals surface area (Å²) in [7, 11) is -3.59. The molecule has 0 unspecified atom stereocenters. The molecule has 0 saturated carbocycles. The second kappa shape index (κ2) is 3.56. The molecule has 0 saturated heterocycles. The van der Waals surface area contributed by atoms with Gasteiger partial charge in [0.05, 0.1) is 17.3 Å². The van der Waals surface area contributed by atoms with Crippen molar-refractivity contribution in [3.05, 3.63) is 35.8 Å². The van der Waals surface area contributed by atoms with Gasteiger partial charge in [0.1, 0.15) is 5.82 Å². The quantitative estimate of drug-likeness (QED) is 0.879. The average molecular weight is 257 g/mol. The molecule has 0 aliphatic heterocycles. The highest BCUT2D eigenvalue weighted by Crippen LogP contribution is 2.23. The molecule has 0 atom stereocenters. The van der Waals surface area contributed by atoms with E-state index in [0.717, 1.165) is 22.4 Å². The van der Waals surface area contributed by atoms with Gasteiger partial charge in [-0.3, -0.25) is 0 Å². The molecule has 0 aliphatic carbocycles. The van der Waals surface area contributed by atoms with Crippen LogP contribution in [0.3, 0.4) is 0 Å². The number of carboxylic acid groups (broad SMARTS) is 1. The topological polar surface area (TPSA) is 76.4 Å². The normalized spacial score (nSPS) is 11.9. The molecule has 0 bridgehead atoms. The number of carbonyl (C=O) groups is 1. The number of rotatable bonds is 2. The maximum atomic E-state index is 13.2. The molecule has 1 aromatic heterocycles. The molecular weight excluding hydrogens is 249 g/mol.